The van der Waals surface area contributed by atoms with Crippen LogP contribution in [-0.4, -0.2) is 36.1 Å². The molecule has 5 heteroatoms. The molecule has 0 aromatic carbocycles. The zero-order valence-corrected chi connectivity index (χ0v) is 15.6. The fourth-order valence-electron chi connectivity index (χ4n) is 4.43. The summed E-state index contributed by atoms with van der Waals surface area (Å²) in [6.07, 6.45) is 9.75. The molecule has 1 aliphatic heterocycles. The summed E-state index contributed by atoms with van der Waals surface area (Å²) >= 11 is 0. The van der Waals surface area contributed by atoms with Crippen molar-refractivity contribution in [2.75, 3.05) is 20.1 Å². The van der Waals surface area contributed by atoms with Gasteiger partial charge in [-0.1, -0.05) is 0 Å². The number of hydrogen-bond acceptors (Lipinski definition) is 4. The van der Waals surface area contributed by atoms with Crippen LogP contribution in [0.5, 0.6) is 0 Å². The topological polar surface area (TPSA) is 61.3 Å². The van der Waals surface area contributed by atoms with Gasteiger partial charge in [0.15, 0.2) is 0 Å². The standard InChI is InChI=1S/C21H29N3O2/c1-24-12-4-5-15(24)10-11-22-13-16-8-9-20(26-16)19-14-23-21(25)18-7-3-2-6-17(18)19/h8-9,14-15,22H,2-7,10-13H2,1H3,(H,23,25). The lowest BCUT2D eigenvalue weighted by atomic mass is 9.89. The third-order valence-corrected chi connectivity index (χ3v) is 5.97. The number of furan rings is 1. The van der Waals surface area contributed by atoms with E-state index >= 15 is 0 Å². The van der Waals surface area contributed by atoms with E-state index in [1.807, 2.05) is 18.3 Å². The predicted octanol–water partition coefficient (Wildman–Crippen LogP) is 3.09. The van der Waals surface area contributed by atoms with Gasteiger partial charge in [-0.25, -0.2) is 0 Å². The molecule has 1 unspecified atom stereocenters. The lowest BCUT2D eigenvalue weighted by Gasteiger charge is -2.19. The van der Waals surface area contributed by atoms with Crippen LogP contribution in [0.2, 0.25) is 0 Å². The van der Waals surface area contributed by atoms with Gasteiger partial charge in [-0.15, -0.1) is 0 Å². The van der Waals surface area contributed by atoms with Crippen LogP contribution < -0.4 is 10.9 Å². The molecule has 4 rings (SSSR count). The molecule has 2 aliphatic rings. The summed E-state index contributed by atoms with van der Waals surface area (Å²) < 4.78 is 6.07. The number of hydrogen-bond donors (Lipinski definition) is 2. The number of aromatic nitrogens is 1. The van der Waals surface area contributed by atoms with Crippen molar-refractivity contribution in [3.8, 4) is 11.3 Å². The Bertz CT molecular complexity index is 808. The first-order valence-corrected chi connectivity index (χ1v) is 9.96. The molecule has 140 valence electrons. The molecule has 2 N–H and O–H groups in total. The SMILES string of the molecule is CN1CCCC1CCNCc1ccc(-c2c[nH]c(=O)c3c2CCCC3)o1. The predicted molar refractivity (Wildman–Crippen MR) is 103 cm³/mol. The molecule has 0 radical (unpaired) electrons. The summed E-state index contributed by atoms with van der Waals surface area (Å²) in [5, 5.41) is 3.51. The van der Waals surface area contributed by atoms with Crippen LogP contribution in [0.25, 0.3) is 11.3 Å². The van der Waals surface area contributed by atoms with E-state index in [9.17, 15) is 4.79 Å². The first kappa shape index (κ1) is 17.6. The van der Waals surface area contributed by atoms with Gasteiger partial charge in [0, 0.05) is 23.4 Å². The van der Waals surface area contributed by atoms with Crippen molar-refractivity contribution in [3.63, 3.8) is 0 Å². The molecule has 3 heterocycles. The van der Waals surface area contributed by atoms with Gasteiger partial charge in [0.25, 0.3) is 5.56 Å². The summed E-state index contributed by atoms with van der Waals surface area (Å²) in [5.41, 5.74) is 3.25. The zero-order valence-electron chi connectivity index (χ0n) is 15.6. The van der Waals surface area contributed by atoms with Crippen molar-refractivity contribution in [1.82, 2.24) is 15.2 Å². The molecule has 1 aliphatic carbocycles. The fourth-order valence-corrected chi connectivity index (χ4v) is 4.43. The third-order valence-electron chi connectivity index (χ3n) is 5.97. The van der Waals surface area contributed by atoms with Gasteiger partial charge in [0.1, 0.15) is 11.5 Å². The number of nitrogens with zero attached hydrogens (tertiary/aromatic N) is 1. The molecule has 0 bridgehead atoms. The number of fused-ring (bicyclic) bond motifs is 1. The Morgan fingerprint density at radius 3 is 2.88 bits per heavy atom. The average Bonchev–Trinajstić information content (AvgIpc) is 3.29. The second-order valence-electron chi connectivity index (χ2n) is 7.70. The number of H-pyrrole nitrogens is 1. The van der Waals surface area contributed by atoms with Crippen LogP contribution in [0.3, 0.4) is 0 Å². The molecule has 26 heavy (non-hydrogen) atoms. The fraction of sp³-hybridized carbons (Fsp3) is 0.571. The van der Waals surface area contributed by atoms with E-state index in [1.165, 1.54) is 31.4 Å². The van der Waals surface area contributed by atoms with Gasteiger partial charge in [0.05, 0.1) is 6.54 Å². The summed E-state index contributed by atoms with van der Waals surface area (Å²) in [6, 6.07) is 4.80. The van der Waals surface area contributed by atoms with Gasteiger partial charge in [0.2, 0.25) is 0 Å². The number of likely N-dealkylation sites (tertiary alicyclic amines) is 1. The van der Waals surface area contributed by atoms with Crippen LogP contribution in [0.15, 0.2) is 27.5 Å². The molecule has 1 saturated heterocycles. The largest absolute Gasteiger partial charge is 0.460 e. The summed E-state index contributed by atoms with van der Waals surface area (Å²) in [7, 11) is 2.22. The molecule has 2 aromatic rings. The van der Waals surface area contributed by atoms with Crippen LogP contribution in [0.1, 0.15) is 49.0 Å². The van der Waals surface area contributed by atoms with Crippen LogP contribution >= 0.6 is 0 Å². The number of aromatic amines is 1. The smallest absolute Gasteiger partial charge is 0.251 e. The van der Waals surface area contributed by atoms with Crippen LogP contribution in [-0.2, 0) is 19.4 Å². The van der Waals surface area contributed by atoms with Crippen LogP contribution in [0, 0.1) is 0 Å². The quantitative estimate of drug-likeness (QED) is 0.782. The average molecular weight is 355 g/mol. The lowest BCUT2D eigenvalue weighted by Crippen LogP contribution is -2.28. The Morgan fingerprint density at radius 1 is 1.23 bits per heavy atom. The maximum Gasteiger partial charge on any atom is 0.251 e. The Labute approximate surface area is 154 Å². The summed E-state index contributed by atoms with van der Waals surface area (Å²) in [4.78, 5) is 17.4. The first-order chi connectivity index (χ1) is 12.7. The van der Waals surface area contributed by atoms with E-state index in [2.05, 4.69) is 22.2 Å². The number of pyridine rings is 1. The number of nitrogens with one attached hydrogen (secondary N) is 2. The lowest BCUT2D eigenvalue weighted by molar-refractivity contribution is 0.292. The number of rotatable bonds is 6. The normalized spacial score (nSPS) is 20.4. The Hall–Kier alpha value is -1.85. The maximum atomic E-state index is 12.1. The van der Waals surface area contributed by atoms with Crippen molar-refractivity contribution in [1.29, 1.82) is 0 Å². The highest BCUT2D eigenvalue weighted by atomic mass is 16.3. The van der Waals surface area contributed by atoms with E-state index in [1.54, 1.807) is 0 Å². The highest BCUT2D eigenvalue weighted by molar-refractivity contribution is 5.63. The minimum absolute atomic E-state index is 0.0637. The van der Waals surface area contributed by atoms with Gasteiger partial charge in [-0.2, -0.15) is 0 Å². The van der Waals surface area contributed by atoms with Crippen molar-refractivity contribution in [2.45, 2.75) is 57.5 Å². The highest BCUT2D eigenvalue weighted by Crippen LogP contribution is 2.30. The van der Waals surface area contributed by atoms with E-state index in [0.29, 0.717) is 0 Å². The molecule has 5 nitrogen and oxygen atoms in total. The van der Waals surface area contributed by atoms with Gasteiger partial charge < -0.3 is 19.6 Å². The zero-order chi connectivity index (χ0) is 17.9. The molecular formula is C21H29N3O2. The third kappa shape index (κ3) is 3.64. The molecule has 0 saturated carbocycles. The molecular weight excluding hydrogens is 326 g/mol. The minimum atomic E-state index is 0.0637. The van der Waals surface area contributed by atoms with Crippen molar-refractivity contribution in [2.24, 2.45) is 0 Å². The Kier molecular flexibility index (Phi) is 5.27. The van der Waals surface area contributed by atoms with E-state index < -0.39 is 0 Å². The van der Waals surface area contributed by atoms with E-state index in [0.717, 1.165) is 67.5 Å². The van der Waals surface area contributed by atoms with E-state index in [4.69, 9.17) is 4.42 Å². The monoisotopic (exact) mass is 355 g/mol. The molecule has 1 fully saturated rings. The van der Waals surface area contributed by atoms with Gasteiger partial charge >= 0.3 is 0 Å². The second-order valence-corrected chi connectivity index (χ2v) is 7.70. The molecule has 2 aromatic heterocycles. The maximum absolute atomic E-state index is 12.1. The summed E-state index contributed by atoms with van der Waals surface area (Å²) in [5.74, 6) is 1.82. The van der Waals surface area contributed by atoms with Crippen molar-refractivity contribution >= 4 is 0 Å². The van der Waals surface area contributed by atoms with Crippen molar-refractivity contribution < 1.29 is 4.42 Å². The summed E-state index contributed by atoms with van der Waals surface area (Å²) in [6.45, 7) is 3.00. The van der Waals surface area contributed by atoms with Gasteiger partial charge in [-0.05, 0) is 82.8 Å². The minimum Gasteiger partial charge on any atom is -0.460 e. The van der Waals surface area contributed by atoms with Gasteiger partial charge in [-0.3, -0.25) is 4.79 Å². The van der Waals surface area contributed by atoms with Crippen LogP contribution in [0.4, 0.5) is 0 Å². The Morgan fingerprint density at radius 2 is 2.08 bits per heavy atom. The second kappa shape index (κ2) is 7.80. The molecule has 0 spiro atoms. The Balaban J connectivity index is 1.38. The highest BCUT2D eigenvalue weighted by Gasteiger charge is 2.20. The van der Waals surface area contributed by atoms with E-state index in [-0.39, 0.29) is 5.56 Å². The molecule has 0 amide bonds. The van der Waals surface area contributed by atoms with Crippen molar-refractivity contribution in [3.05, 3.63) is 45.6 Å². The molecule has 1 atom stereocenters. The first-order valence-electron chi connectivity index (χ1n) is 9.96.